The van der Waals surface area contributed by atoms with E-state index in [2.05, 4.69) is 24.0 Å². The van der Waals surface area contributed by atoms with E-state index in [-0.39, 0.29) is 11.6 Å². The highest BCUT2D eigenvalue weighted by Crippen LogP contribution is 2.42. The number of hydrogen-bond donors (Lipinski definition) is 1. The van der Waals surface area contributed by atoms with Crippen LogP contribution in [0.25, 0.3) is 0 Å². The Labute approximate surface area is 102 Å². The summed E-state index contributed by atoms with van der Waals surface area (Å²) in [6.45, 7) is 4.25. The molecule has 1 aliphatic rings. The van der Waals surface area contributed by atoms with Gasteiger partial charge in [-0.1, -0.05) is 19.0 Å². The van der Waals surface area contributed by atoms with Crippen LogP contribution in [0.1, 0.15) is 57.3 Å². The average molecular weight is 239 g/mol. The van der Waals surface area contributed by atoms with Crippen LogP contribution in [-0.4, -0.2) is 17.3 Å². The van der Waals surface area contributed by atoms with Crippen LogP contribution in [0, 0.1) is 5.92 Å². The maximum atomic E-state index is 6.02. The van der Waals surface area contributed by atoms with Crippen LogP contribution in [0.15, 0.2) is 4.52 Å². The maximum absolute atomic E-state index is 6.02. The lowest BCUT2D eigenvalue weighted by atomic mass is 9.79. The van der Waals surface area contributed by atoms with E-state index >= 15 is 0 Å². The molecule has 1 aromatic rings. The number of ether oxygens (including phenoxy) is 1. The van der Waals surface area contributed by atoms with Gasteiger partial charge in [-0.2, -0.15) is 4.98 Å². The van der Waals surface area contributed by atoms with Gasteiger partial charge >= 0.3 is 0 Å². The molecular weight excluding hydrogens is 218 g/mol. The zero-order valence-corrected chi connectivity index (χ0v) is 10.8. The Balaban J connectivity index is 2.10. The van der Waals surface area contributed by atoms with Crippen molar-refractivity contribution in [3.63, 3.8) is 0 Å². The molecule has 2 rings (SSSR count). The molecule has 1 heterocycles. The van der Waals surface area contributed by atoms with Crippen molar-refractivity contribution in [1.82, 2.24) is 10.1 Å². The predicted molar refractivity (Wildman–Crippen MR) is 63.2 cm³/mol. The predicted octanol–water partition coefficient (Wildman–Crippen LogP) is 2.14. The SMILES string of the molecule is COC1(c2noc([C@@H](N)CC(C)C)n2)CCC1. The normalized spacial score (nSPS) is 20.3. The van der Waals surface area contributed by atoms with Crippen LogP contribution in [0.4, 0.5) is 0 Å². The first-order valence-corrected chi connectivity index (χ1v) is 6.22. The topological polar surface area (TPSA) is 74.2 Å². The van der Waals surface area contributed by atoms with E-state index in [1.165, 1.54) is 0 Å². The van der Waals surface area contributed by atoms with E-state index in [9.17, 15) is 0 Å². The number of aromatic nitrogens is 2. The quantitative estimate of drug-likeness (QED) is 0.852. The molecule has 1 saturated carbocycles. The van der Waals surface area contributed by atoms with Gasteiger partial charge < -0.3 is 15.0 Å². The average Bonchev–Trinajstić information content (AvgIpc) is 2.65. The van der Waals surface area contributed by atoms with Crippen LogP contribution < -0.4 is 5.73 Å². The highest BCUT2D eigenvalue weighted by Gasteiger charge is 2.43. The third-order valence-corrected chi connectivity index (χ3v) is 3.44. The first-order valence-electron chi connectivity index (χ1n) is 6.22. The zero-order valence-electron chi connectivity index (χ0n) is 10.8. The number of nitrogens with two attached hydrogens (primary N) is 1. The summed E-state index contributed by atoms with van der Waals surface area (Å²) in [6, 6.07) is -0.176. The Morgan fingerprint density at radius 1 is 1.47 bits per heavy atom. The van der Waals surface area contributed by atoms with Gasteiger partial charge in [-0.3, -0.25) is 0 Å². The van der Waals surface area contributed by atoms with Gasteiger partial charge in [-0.15, -0.1) is 0 Å². The Hall–Kier alpha value is -0.940. The molecule has 0 unspecified atom stereocenters. The Kier molecular flexibility index (Phi) is 3.49. The van der Waals surface area contributed by atoms with Crippen molar-refractivity contribution in [3.05, 3.63) is 11.7 Å². The molecule has 0 radical (unpaired) electrons. The summed E-state index contributed by atoms with van der Waals surface area (Å²) in [6.07, 6.45) is 3.92. The summed E-state index contributed by atoms with van der Waals surface area (Å²) in [5.41, 5.74) is 5.70. The summed E-state index contributed by atoms with van der Waals surface area (Å²) in [4.78, 5) is 4.40. The lowest BCUT2D eigenvalue weighted by Crippen LogP contribution is -2.37. The molecule has 2 N–H and O–H groups in total. The molecule has 5 nitrogen and oxygen atoms in total. The number of hydrogen-bond acceptors (Lipinski definition) is 5. The largest absolute Gasteiger partial charge is 0.370 e. The van der Waals surface area contributed by atoms with E-state index < -0.39 is 0 Å². The van der Waals surface area contributed by atoms with Crippen molar-refractivity contribution in [1.29, 1.82) is 0 Å². The van der Waals surface area contributed by atoms with Gasteiger partial charge in [0.15, 0.2) is 0 Å². The van der Waals surface area contributed by atoms with Crippen LogP contribution in [-0.2, 0) is 10.3 Å². The fourth-order valence-corrected chi connectivity index (χ4v) is 2.20. The molecule has 0 saturated heterocycles. The second-order valence-electron chi connectivity index (χ2n) is 5.24. The van der Waals surface area contributed by atoms with E-state index in [4.69, 9.17) is 15.0 Å². The Morgan fingerprint density at radius 3 is 2.65 bits per heavy atom. The van der Waals surface area contributed by atoms with Gasteiger partial charge in [0, 0.05) is 7.11 Å². The fraction of sp³-hybridized carbons (Fsp3) is 0.833. The smallest absolute Gasteiger partial charge is 0.243 e. The van der Waals surface area contributed by atoms with Crippen molar-refractivity contribution >= 4 is 0 Å². The molecule has 96 valence electrons. The minimum absolute atomic E-state index is 0.176. The third-order valence-electron chi connectivity index (χ3n) is 3.44. The van der Waals surface area contributed by atoms with Crippen molar-refractivity contribution in [2.75, 3.05) is 7.11 Å². The molecule has 1 aliphatic carbocycles. The molecule has 1 fully saturated rings. The fourth-order valence-electron chi connectivity index (χ4n) is 2.20. The lowest BCUT2D eigenvalue weighted by Gasteiger charge is -2.37. The molecule has 1 aromatic heterocycles. The van der Waals surface area contributed by atoms with E-state index in [0.29, 0.717) is 17.6 Å². The lowest BCUT2D eigenvalue weighted by molar-refractivity contribution is -0.0858. The summed E-state index contributed by atoms with van der Waals surface area (Å²) in [7, 11) is 1.70. The summed E-state index contributed by atoms with van der Waals surface area (Å²) < 4.78 is 10.8. The monoisotopic (exact) mass is 239 g/mol. The van der Waals surface area contributed by atoms with Gasteiger partial charge in [0.05, 0.1) is 6.04 Å². The van der Waals surface area contributed by atoms with Crippen LogP contribution in [0.2, 0.25) is 0 Å². The molecule has 0 spiro atoms. The first-order chi connectivity index (χ1) is 8.07. The van der Waals surface area contributed by atoms with E-state index in [1.807, 2.05) is 0 Å². The Morgan fingerprint density at radius 2 is 2.18 bits per heavy atom. The molecule has 17 heavy (non-hydrogen) atoms. The zero-order chi connectivity index (χ0) is 12.5. The number of rotatable bonds is 5. The van der Waals surface area contributed by atoms with Crippen molar-refractivity contribution in [2.45, 2.75) is 51.2 Å². The minimum atomic E-state index is -0.320. The van der Waals surface area contributed by atoms with Gasteiger partial charge in [0.25, 0.3) is 0 Å². The molecule has 0 aliphatic heterocycles. The third kappa shape index (κ3) is 2.35. The molecule has 0 amide bonds. The molecular formula is C12H21N3O2. The summed E-state index contributed by atoms with van der Waals surface area (Å²) in [5, 5.41) is 4.02. The van der Waals surface area contributed by atoms with Crippen LogP contribution in [0.5, 0.6) is 0 Å². The van der Waals surface area contributed by atoms with Crippen molar-refractivity contribution < 1.29 is 9.26 Å². The molecule has 1 atom stereocenters. The van der Waals surface area contributed by atoms with Gasteiger partial charge in [0.2, 0.25) is 11.7 Å². The van der Waals surface area contributed by atoms with Gasteiger partial charge in [0.1, 0.15) is 5.60 Å². The summed E-state index contributed by atoms with van der Waals surface area (Å²) in [5.74, 6) is 1.69. The van der Waals surface area contributed by atoms with E-state index in [1.54, 1.807) is 7.11 Å². The first kappa shape index (κ1) is 12.5. The van der Waals surface area contributed by atoms with Crippen molar-refractivity contribution in [3.8, 4) is 0 Å². The maximum Gasteiger partial charge on any atom is 0.243 e. The van der Waals surface area contributed by atoms with E-state index in [0.717, 1.165) is 25.7 Å². The van der Waals surface area contributed by atoms with Crippen LogP contribution >= 0.6 is 0 Å². The molecule has 0 bridgehead atoms. The standard InChI is InChI=1S/C12H21N3O2/c1-8(2)7-9(13)10-14-11(15-17-10)12(16-3)5-4-6-12/h8-9H,4-7,13H2,1-3H3/t9-/m0/s1. The second kappa shape index (κ2) is 4.74. The second-order valence-corrected chi connectivity index (χ2v) is 5.24. The van der Waals surface area contributed by atoms with Gasteiger partial charge in [-0.25, -0.2) is 0 Å². The number of nitrogens with zero attached hydrogens (tertiary/aromatic N) is 2. The minimum Gasteiger partial charge on any atom is -0.370 e. The highest BCUT2D eigenvalue weighted by molar-refractivity contribution is 5.07. The van der Waals surface area contributed by atoms with Gasteiger partial charge in [-0.05, 0) is 31.6 Å². The Bertz CT molecular complexity index is 366. The highest BCUT2D eigenvalue weighted by atomic mass is 16.5. The molecule has 5 heteroatoms. The van der Waals surface area contributed by atoms with Crippen molar-refractivity contribution in [2.24, 2.45) is 11.7 Å². The summed E-state index contributed by atoms with van der Waals surface area (Å²) >= 11 is 0. The molecule has 0 aromatic carbocycles. The number of methoxy groups -OCH3 is 1. The van der Waals surface area contributed by atoms with Crippen LogP contribution in [0.3, 0.4) is 0 Å².